The lowest BCUT2D eigenvalue weighted by molar-refractivity contribution is -0.870. The molecule has 0 aliphatic rings. The van der Waals surface area contributed by atoms with Crippen LogP contribution in [0.15, 0.2) is 24.3 Å². The van der Waals surface area contributed by atoms with Crippen molar-refractivity contribution >= 4 is 13.7 Å². The van der Waals surface area contributed by atoms with Crippen LogP contribution in [0.2, 0.25) is 0 Å². The van der Waals surface area contributed by atoms with E-state index in [2.05, 4.69) is 43.5 Å². The summed E-state index contributed by atoms with van der Waals surface area (Å²) in [5.74, 6) is -0.141. The number of allylic oxidation sites excluding steroid dienone is 4. The van der Waals surface area contributed by atoms with Gasteiger partial charge in [-0.05, 0) is 44.9 Å². The maximum Gasteiger partial charge on any atom is 0.472 e. The molecule has 0 bridgehead atoms. The molecule has 1 amide bonds. The van der Waals surface area contributed by atoms with Gasteiger partial charge in [0, 0.05) is 6.42 Å². The third-order valence-corrected chi connectivity index (χ3v) is 14.9. The quantitative estimate of drug-likeness (QED) is 0.0243. The Kier molecular flexibility index (Phi) is 51.1. The Morgan fingerprint density at radius 3 is 1.19 bits per heavy atom. The van der Waals surface area contributed by atoms with Gasteiger partial charge in [-0.2, -0.15) is 0 Å². The lowest BCUT2D eigenvalue weighted by atomic mass is 10.0. The van der Waals surface area contributed by atoms with E-state index in [-0.39, 0.29) is 19.1 Å². The van der Waals surface area contributed by atoms with Crippen LogP contribution in [0.1, 0.15) is 303 Å². The van der Waals surface area contributed by atoms with Crippen molar-refractivity contribution in [3.8, 4) is 0 Å². The Morgan fingerprint density at radius 2 is 0.826 bits per heavy atom. The van der Waals surface area contributed by atoms with Crippen molar-refractivity contribution in [3.05, 3.63) is 24.3 Å². The molecule has 3 unspecified atom stereocenters. The Morgan fingerprint density at radius 1 is 0.493 bits per heavy atom. The SMILES string of the molecule is CCCCCCCCCCCCC/C=C\C/C=C\CCCCCCCCCCCCCCCCCCCC(=O)NC(COP(=O)(O)OCC[N+](C)(C)C)C(O)CCCCCCCCCCCCCC. The first-order valence-corrected chi connectivity index (χ1v) is 31.7. The first kappa shape index (κ1) is 68.0. The van der Waals surface area contributed by atoms with Crippen LogP contribution in [0.4, 0.5) is 0 Å². The van der Waals surface area contributed by atoms with Gasteiger partial charge >= 0.3 is 7.82 Å². The molecule has 69 heavy (non-hydrogen) atoms. The van der Waals surface area contributed by atoms with Gasteiger partial charge in [-0.1, -0.05) is 276 Å². The molecule has 3 atom stereocenters. The van der Waals surface area contributed by atoms with Crippen molar-refractivity contribution in [1.29, 1.82) is 0 Å². The van der Waals surface area contributed by atoms with Gasteiger partial charge in [0.1, 0.15) is 13.2 Å². The number of aliphatic hydroxyl groups is 1. The van der Waals surface area contributed by atoms with Crippen LogP contribution < -0.4 is 5.32 Å². The summed E-state index contributed by atoms with van der Waals surface area (Å²) in [5.41, 5.74) is 0. The van der Waals surface area contributed by atoms with E-state index < -0.39 is 20.0 Å². The molecule has 0 saturated heterocycles. The van der Waals surface area contributed by atoms with Crippen LogP contribution in [0.3, 0.4) is 0 Å². The highest BCUT2D eigenvalue weighted by Gasteiger charge is 2.28. The second kappa shape index (κ2) is 51.9. The lowest BCUT2D eigenvalue weighted by Crippen LogP contribution is -2.46. The van der Waals surface area contributed by atoms with Gasteiger partial charge in [-0.15, -0.1) is 0 Å². The fourth-order valence-electron chi connectivity index (χ4n) is 9.20. The van der Waals surface area contributed by atoms with Crippen molar-refractivity contribution < 1.29 is 32.9 Å². The van der Waals surface area contributed by atoms with E-state index in [1.165, 1.54) is 231 Å². The van der Waals surface area contributed by atoms with Crippen LogP contribution in [0.25, 0.3) is 0 Å². The second-order valence-electron chi connectivity index (χ2n) is 22.1. The second-order valence-corrected chi connectivity index (χ2v) is 23.5. The fraction of sp³-hybridized carbons (Fsp3) is 0.917. The minimum atomic E-state index is -4.32. The number of phosphoric acid groups is 1. The number of carbonyl (C=O) groups excluding carboxylic acids is 1. The minimum Gasteiger partial charge on any atom is -0.391 e. The number of nitrogens with one attached hydrogen (secondary N) is 1. The number of amides is 1. The average molecular weight is 997 g/mol. The molecule has 0 spiro atoms. The Hall–Kier alpha value is -1.02. The van der Waals surface area contributed by atoms with Gasteiger partial charge in [-0.3, -0.25) is 13.8 Å². The van der Waals surface area contributed by atoms with Crippen molar-refractivity contribution in [3.63, 3.8) is 0 Å². The number of likely N-dealkylation sites (N-methyl/N-ethyl adjacent to an activating group) is 1. The van der Waals surface area contributed by atoms with Gasteiger partial charge < -0.3 is 19.8 Å². The van der Waals surface area contributed by atoms with Gasteiger partial charge in [0.2, 0.25) is 5.91 Å². The Balaban J connectivity index is 3.92. The summed E-state index contributed by atoms with van der Waals surface area (Å²) in [5, 5.41) is 14.0. The molecule has 0 aliphatic carbocycles. The summed E-state index contributed by atoms with van der Waals surface area (Å²) in [7, 11) is 1.63. The number of quaternary nitrogens is 1. The zero-order chi connectivity index (χ0) is 50.6. The number of hydrogen-bond acceptors (Lipinski definition) is 5. The van der Waals surface area contributed by atoms with E-state index in [4.69, 9.17) is 9.05 Å². The first-order valence-electron chi connectivity index (χ1n) is 30.2. The molecule has 0 aliphatic heterocycles. The van der Waals surface area contributed by atoms with Crippen molar-refractivity contribution in [2.75, 3.05) is 40.9 Å². The highest BCUT2D eigenvalue weighted by Crippen LogP contribution is 2.43. The third-order valence-electron chi connectivity index (χ3n) is 14.0. The average Bonchev–Trinajstić information content (AvgIpc) is 3.31. The summed E-state index contributed by atoms with van der Waals surface area (Å²) < 4.78 is 23.7. The van der Waals surface area contributed by atoms with Crippen LogP contribution in [0.5, 0.6) is 0 Å². The number of unbranched alkanes of at least 4 members (excludes halogenated alkanes) is 39. The summed E-state index contributed by atoms with van der Waals surface area (Å²) in [4.78, 5) is 23.3. The topological polar surface area (TPSA) is 105 Å². The van der Waals surface area contributed by atoms with Crippen LogP contribution >= 0.6 is 7.82 Å². The van der Waals surface area contributed by atoms with E-state index in [9.17, 15) is 19.4 Å². The maximum absolute atomic E-state index is 13.0. The zero-order valence-corrected chi connectivity index (χ0v) is 47.7. The van der Waals surface area contributed by atoms with Crippen molar-refractivity contribution in [2.24, 2.45) is 0 Å². The molecule has 0 rings (SSSR count). The number of phosphoric ester groups is 1. The Bertz CT molecular complexity index is 1170. The van der Waals surface area contributed by atoms with Crippen molar-refractivity contribution in [2.45, 2.75) is 315 Å². The van der Waals surface area contributed by atoms with Gasteiger partial charge in [0.05, 0.1) is 39.9 Å². The highest BCUT2D eigenvalue weighted by molar-refractivity contribution is 7.47. The van der Waals surface area contributed by atoms with E-state index in [1.54, 1.807) is 0 Å². The monoisotopic (exact) mass is 996 g/mol. The summed E-state index contributed by atoms with van der Waals surface area (Å²) in [6, 6.07) is -0.757. The highest BCUT2D eigenvalue weighted by atomic mass is 31.2. The molecule has 3 N–H and O–H groups in total. The normalized spacial score (nSPS) is 14.0. The lowest BCUT2D eigenvalue weighted by Gasteiger charge is -2.26. The zero-order valence-electron chi connectivity index (χ0n) is 46.8. The smallest absolute Gasteiger partial charge is 0.391 e. The molecule has 410 valence electrons. The van der Waals surface area contributed by atoms with E-state index in [0.29, 0.717) is 23.9 Å². The molecule has 0 aromatic carbocycles. The predicted octanol–water partition coefficient (Wildman–Crippen LogP) is 18.4. The molecule has 0 aromatic heterocycles. The Labute approximate surface area is 430 Å². The maximum atomic E-state index is 13.0. The van der Waals surface area contributed by atoms with Gasteiger partial charge in [-0.25, -0.2) is 4.57 Å². The summed E-state index contributed by atoms with van der Waals surface area (Å²) in [6.45, 7) is 4.91. The molecule has 0 heterocycles. The van der Waals surface area contributed by atoms with Crippen LogP contribution in [-0.4, -0.2) is 73.4 Å². The molecule has 0 fully saturated rings. The first-order chi connectivity index (χ1) is 33.5. The molecule has 0 radical (unpaired) electrons. The van der Waals surface area contributed by atoms with E-state index in [1.807, 2.05) is 21.1 Å². The molecule has 0 saturated carbocycles. The number of aliphatic hydroxyl groups excluding tert-OH is 1. The van der Waals surface area contributed by atoms with Crippen LogP contribution in [-0.2, 0) is 18.4 Å². The number of rotatable bonds is 56. The molecular formula is C60H120N2O6P+. The van der Waals surface area contributed by atoms with E-state index >= 15 is 0 Å². The standard InChI is InChI=1S/C60H119N2O6P/c1-6-8-10-12-14-16-18-20-21-22-23-24-25-26-27-28-29-30-31-32-33-34-35-36-37-38-39-40-41-42-44-46-48-50-52-54-60(64)61-58(57-68-69(65,66)67-56-55-62(3,4)5)59(63)53-51-49-47-45-43-19-17-15-13-11-9-7-2/h25-26,28-29,58-59,63H,6-24,27,30-57H2,1-5H3,(H-,61,64,65,66)/p+1/b26-25-,29-28-. The predicted molar refractivity (Wildman–Crippen MR) is 300 cm³/mol. The fourth-order valence-corrected chi connectivity index (χ4v) is 9.93. The summed E-state index contributed by atoms with van der Waals surface area (Å²) >= 11 is 0. The van der Waals surface area contributed by atoms with Crippen molar-refractivity contribution in [1.82, 2.24) is 5.32 Å². The third kappa shape index (κ3) is 54.6. The van der Waals surface area contributed by atoms with Gasteiger partial charge in [0.25, 0.3) is 0 Å². The van der Waals surface area contributed by atoms with Gasteiger partial charge in [0.15, 0.2) is 0 Å². The molecule has 0 aromatic rings. The molecular weight excluding hydrogens is 876 g/mol. The van der Waals surface area contributed by atoms with E-state index in [0.717, 1.165) is 44.9 Å². The molecule has 9 heteroatoms. The number of nitrogens with zero attached hydrogens (tertiary/aromatic N) is 1. The largest absolute Gasteiger partial charge is 0.472 e. The summed E-state index contributed by atoms with van der Waals surface area (Å²) in [6.07, 6.45) is 65.5. The van der Waals surface area contributed by atoms with Crippen LogP contribution in [0, 0.1) is 0 Å². The number of hydrogen-bond donors (Lipinski definition) is 3. The molecule has 8 nitrogen and oxygen atoms in total. The number of carbonyl (C=O) groups is 1. The minimum absolute atomic E-state index is 0.0766.